The quantitative estimate of drug-likeness (QED) is 0.793. The number of fused-ring (bicyclic) bond motifs is 1. The molecule has 0 aromatic heterocycles. The van der Waals surface area contributed by atoms with Crippen LogP contribution in [0.15, 0.2) is 42.5 Å². The molecule has 1 aliphatic rings. The van der Waals surface area contributed by atoms with Crippen molar-refractivity contribution in [2.75, 3.05) is 7.11 Å². The monoisotopic (exact) mass is 320 g/mol. The second-order valence-corrected chi connectivity index (χ2v) is 5.59. The van der Waals surface area contributed by atoms with Gasteiger partial charge < -0.3 is 4.74 Å². The third-order valence-corrected chi connectivity index (χ3v) is 4.21. The highest BCUT2D eigenvalue weighted by Crippen LogP contribution is 2.39. The van der Waals surface area contributed by atoms with Gasteiger partial charge in [-0.25, -0.2) is 0 Å². The Kier molecular flexibility index (Phi) is 3.88. The zero-order valence-corrected chi connectivity index (χ0v) is 12.5. The molecule has 0 spiro atoms. The molecule has 1 aliphatic carbocycles. The van der Waals surface area contributed by atoms with Crippen LogP contribution in [0.4, 0.5) is 13.2 Å². The van der Waals surface area contributed by atoms with E-state index in [2.05, 4.69) is 0 Å². The standard InChI is InChI=1S/C18H15F3O2/c1-23-13-5-6-15-14(7-8-17(22)16(15)10-13)11-3-2-4-12(9-11)18(19,20)21/h2-6,9-10,14H,7-8H2,1H3. The van der Waals surface area contributed by atoms with Crippen LogP contribution in [0.25, 0.3) is 0 Å². The Morgan fingerprint density at radius 3 is 2.61 bits per heavy atom. The van der Waals surface area contributed by atoms with Gasteiger partial charge in [-0.2, -0.15) is 13.2 Å². The molecule has 2 aromatic carbocycles. The molecule has 3 rings (SSSR count). The van der Waals surface area contributed by atoms with E-state index in [1.54, 1.807) is 24.3 Å². The zero-order chi connectivity index (χ0) is 16.6. The number of hydrogen-bond donors (Lipinski definition) is 0. The lowest BCUT2D eigenvalue weighted by molar-refractivity contribution is -0.137. The molecular formula is C18H15F3O2. The average molecular weight is 320 g/mol. The van der Waals surface area contributed by atoms with Crippen LogP contribution in [0.2, 0.25) is 0 Å². The van der Waals surface area contributed by atoms with Gasteiger partial charge in [0.1, 0.15) is 5.75 Å². The third-order valence-electron chi connectivity index (χ3n) is 4.21. The number of Topliss-reactive ketones (excluding diaryl/α,β-unsaturated/α-hetero) is 1. The molecule has 0 fully saturated rings. The molecule has 1 atom stereocenters. The maximum atomic E-state index is 12.9. The summed E-state index contributed by atoms with van der Waals surface area (Å²) in [6.45, 7) is 0. The van der Waals surface area contributed by atoms with E-state index in [0.29, 0.717) is 29.7 Å². The Morgan fingerprint density at radius 2 is 1.91 bits per heavy atom. The number of methoxy groups -OCH3 is 1. The first-order valence-corrected chi connectivity index (χ1v) is 7.28. The highest BCUT2D eigenvalue weighted by molar-refractivity contribution is 5.99. The molecule has 0 saturated heterocycles. The Labute approximate surface area is 131 Å². The molecule has 1 unspecified atom stereocenters. The van der Waals surface area contributed by atoms with Gasteiger partial charge in [0.15, 0.2) is 5.78 Å². The van der Waals surface area contributed by atoms with Crippen molar-refractivity contribution in [3.05, 3.63) is 64.7 Å². The van der Waals surface area contributed by atoms with E-state index in [1.807, 2.05) is 0 Å². The molecule has 0 aliphatic heterocycles. The first-order chi connectivity index (χ1) is 10.9. The first kappa shape index (κ1) is 15.6. The number of ketones is 1. The van der Waals surface area contributed by atoms with E-state index in [9.17, 15) is 18.0 Å². The van der Waals surface area contributed by atoms with Gasteiger partial charge in [-0.1, -0.05) is 24.3 Å². The van der Waals surface area contributed by atoms with E-state index < -0.39 is 11.7 Å². The fourth-order valence-electron chi connectivity index (χ4n) is 3.05. The Bertz CT molecular complexity index is 750. The fourth-order valence-corrected chi connectivity index (χ4v) is 3.05. The van der Waals surface area contributed by atoms with Crippen molar-refractivity contribution in [1.29, 1.82) is 0 Å². The van der Waals surface area contributed by atoms with Crippen molar-refractivity contribution >= 4 is 5.78 Å². The summed E-state index contributed by atoms with van der Waals surface area (Å²) in [5, 5.41) is 0. The lowest BCUT2D eigenvalue weighted by Gasteiger charge is -2.26. The maximum absolute atomic E-state index is 12.9. The van der Waals surface area contributed by atoms with Crippen molar-refractivity contribution in [2.45, 2.75) is 24.9 Å². The fraction of sp³-hybridized carbons (Fsp3) is 0.278. The minimum Gasteiger partial charge on any atom is -0.497 e. The van der Waals surface area contributed by atoms with E-state index >= 15 is 0 Å². The normalized spacial score (nSPS) is 17.7. The molecule has 2 aromatic rings. The second-order valence-electron chi connectivity index (χ2n) is 5.59. The Balaban J connectivity index is 2.06. The molecule has 0 heterocycles. The van der Waals surface area contributed by atoms with Gasteiger partial charge in [-0.15, -0.1) is 0 Å². The van der Waals surface area contributed by atoms with Crippen LogP contribution in [0.5, 0.6) is 5.75 Å². The highest BCUT2D eigenvalue weighted by Gasteiger charge is 2.32. The summed E-state index contributed by atoms with van der Waals surface area (Å²) in [5.41, 5.74) is 1.22. The molecule has 0 radical (unpaired) electrons. The van der Waals surface area contributed by atoms with Gasteiger partial charge in [0.25, 0.3) is 0 Å². The van der Waals surface area contributed by atoms with Crippen LogP contribution in [0, 0.1) is 0 Å². The summed E-state index contributed by atoms with van der Waals surface area (Å²) in [7, 11) is 1.51. The summed E-state index contributed by atoms with van der Waals surface area (Å²) in [6, 6.07) is 10.5. The topological polar surface area (TPSA) is 26.3 Å². The molecule has 0 N–H and O–H groups in total. The largest absolute Gasteiger partial charge is 0.497 e. The molecule has 5 heteroatoms. The molecule has 120 valence electrons. The number of benzene rings is 2. The van der Waals surface area contributed by atoms with Crippen LogP contribution in [-0.2, 0) is 6.18 Å². The minimum absolute atomic E-state index is 0.00197. The van der Waals surface area contributed by atoms with Crippen LogP contribution in [0.1, 0.15) is 45.8 Å². The summed E-state index contributed by atoms with van der Waals surface area (Å²) in [6.07, 6.45) is -3.54. The van der Waals surface area contributed by atoms with Crippen LogP contribution >= 0.6 is 0 Å². The first-order valence-electron chi connectivity index (χ1n) is 7.28. The number of ether oxygens (including phenoxy) is 1. The van der Waals surface area contributed by atoms with E-state index in [1.165, 1.54) is 19.2 Å². The van der Waals surface area contributed by atoms with Gasteiger partial charge in [0.2, 0.25) is 0 Å². The predicted octanol–water partition coefficient (Wildman–Crippen LogP) is 4.82. The number of hydrogen-bond acceptors (Lipinski definition) is 2. The number of alkyl halides is 3. The number of carbonyl (C=O) groups excluding carboxylic acids is 1. The van der Waals surface area contributed by atoms with Gasteiger partial charge in [-0.05, 0) is 35.7 Å². The van der Waals surface area contributed by atoms with Crippen molar-refractivity contribution in [3.8, 4) is 5.75 Å². The molecule has 0 amide bonds. The van der Waals surface area contributed by atoms with E-state index in [0.717, 1.165) is 11.6 Å². The molecule has 2 nitrogen and oxygen atoms in total. The van der Waals surface area contributed by atoms with Crippen LogP contribution in [0.3, 0.4) is 0 Å². The Morgan fingerprint density at radius 1 is 1.13 bits per heavy atom. The van der Waals surface area contributed by atoms with Crippen LogP contribution < -0.4 is 4.74 Å². The van der Waals surface area contributed by atoms with Crippen molar-refractivity contribution < 1.29 is 22.7 Å². The number of halogens is 3. The molecular weight excluding hydrogens is 305 g/mol. The van der Waals surface area contributed by atoms with Crippen molar-refractivity contribution in [2.24, 2.45) is 0 Å². The van der Waals surface area contributed by atoms with E-state index in [-0.39, 0.29) is 11.7 Å². The minimum atomic E-state index is -4.37. The summed E-state index contributed by atoms with van der Waals surface area (Å²) in [4.78, 5) is 12.1. The number of carbonyl (C=O) groups is 1. The average Bonchev–Trinajstić information content (AvgIpc) is 2.54. The van der Waals surface area contributed by atoms with Crippen molar-refractivity contribution in [3.63, 3.8) is 0 Å². The second kappa shape index (κ2) is 5.72. The highest BCUT2D eigenvalue weighted by atomic mass is 19.4. The lowest BCUT2D eigenvalue weighted by Crippen LogP contribution is -2.17. The van der Waals surface area contributed by atoms with Gasteiger partial charge in [0.05, 0.1) is 12.7 Å². The molecule has 0 saturated carbocycles. The molecule has 0 bridgehead atoms. The van der Waals surface area contributed by atoms with E-state index in [4.69, 9.17) is 4.74 Å². The third kappa shape index (κ3) is 2.96. The van der Waals surface area contributed by atoms with Gasteiger partial charge in [-0.3, -0.25) is 4.79 Å². The number of rotatable bonds is 2. The smallest absolute Gasteiger partial charge is 0.416 e. The summed E-state index contributed by atoms with van der Waals surface area (Å²) >= 11 is 0. The van der Waals surface area contributed by atoms with Crippen LogP contribution in [-0.4, -0.2) is 12.9 Å². The SMILES string of the molecule is COc1ccc2c(c1)C(=O)CCC2c1cccc(C(F)(F)F)c1. The predicted molar refractivity (Wildman–Crippen MR) is 79.8 cm³/mol. The molecule has 23 heavy (non-hydrogen) atoms. The van der Waals surface area contributed by atoms with Gasteiger partial charge in [0, 0.05) is 17.9 Å². The van der Waals surface area contributed by atoms with Gasteiger partial charge >= 0.3 is 6.18 Å². The zero-order valence-electron chi connectivity index (χ0n) is 12.5. The Hall–Kier alpha value is -2.30. The maximum Gasteiger partial charge on any atom is 0.416 e. The lowest BCUT2D eigenvalue weighted by atomic mass is 9.78. The summed E-state index contributed by atoms with van der Waals surface area (Å²) < 4.78 is 43.9. The van der Waals surface area contributed by atoms with Crippen molar-refractivity contribution in [1.82, 2.24) is 0 Å². The summed E-state index contributed by atoms with van der Waals surface area (Å²) in [5.74, 6) is 0.361.